The third kappa shape index (κ3) is 12.0. The van der Waals surface area contributed by atoms with E-state index in [1.54, 1.807) is 5.19 Å². The van der Waals surface area contributed by atoms with Gasteiger partial charge in [0.15, 0.2) is 0 Å². The van der Waals surface area contributed by atoms with Gasteiger partial charge in [-0.15, -0.1) is 5.19 Å². The van der Waals surface area contributed by atoms with Crippen molar-refractivity contribution in [1.82, 2.24) is 0 Å². The van der Waals surface area contributed by atoms with Crippen molar-refractivity contribution in [2.24, 2.45) is 0 Å². The van der Waals surface area contributed by atoms with Gasteiger partial charge in [-0.25, -0.2) is 12.1 Å². The molecule has 0 bridgehead atoms. The molecular weight excluding hydrogens is 795 g/mol. The molecule has 0 nitrogen and oxygen atoms in total. The average molecular weight is 870 g/mol. The Kier molecular flexibility index (Phi) is 18.6. The molecule has 0 radical (unpaired) electrons. The molecule has 0 aromatic heterocycles. The van der Waals surface area contributed by atoms with E-state index in [0.29, 0.717) is 0 Å². The molecule has 0 N–H and O–H groups in total. The van der Waals surface area contributed by atoms with Crippen molar-refractivity contribution in [3.63, 3.8) is 0 Å². The van der Waals surface area contributed by atoms with E-state index in [-0.39, 0.29) is 91.4 Å². The summed E-state index contributed by atoms with van der Waals surface area (Å²) in [5.74, 6) is 0. The summed E-state index contributed by atoms with van der Waals surface area (Å²) >= 11 is 0. The molecule has 0 amide bonds. The first kappa shape index (κ1) is 54.8. The molecule has 0 fully saturated rings. The molecule has 308 valence electrons. The van der Waals surface area contributed by atoms with Crippen molar-refractivity contribution in [1.29, 1.82) is 0 Å². The Balaban J connectivity index is 0.00000756. The fraction of sp³-hybridized carbons (Fsp3) is 0.549. The van der Waals surface area contributed by atoms with E-state index in [1.807, 2.05) is 0 Å². The minimum atomic E-state index is -3.00. The molecular formula is C51H75Cl3SiTi. The Morgan fingerprint density at radius 2 is 0.679 bits per heavy atom. The summed E-state index contributed by atoms with van der Waals surface area (Å²) in [5, 5.41) is 6.13. The Labute approximate surface area is 380 Å². The van der Waals surface area contributed by atoms with Crippen molar-refractivity contribution in [3.8, 4) is 0 Å². The van der Waals surface area contributed by atoms with Gasteiger partial charge in [-0.1, -0.05) is 221 Å². The van der Waals surface area contributed by atoms with Crippen molar-refractivity contribution >= 4 is 28.8 Å². The van der Waals surface area contributed by atoms with E-state index >= 15 is 0 Å². The fourth-order valence-electron chi connectivity index (χ4n) is 7.51. The van der Waals surface area contributed by atoms with Crippen LogP contribution in [0.2, 0.25) is 0 Å². The third-order valence-electron chi connectivity index (χ3n) is 11.4. The van der Waals surface area contributed by atoms with Gasteiger partial charge in [0.2, 0.25) is 0 Å². The summed E-state index contributed by atoms with van der Waals surface area (Å²) in [6.07, 6.45) is 3.49. The summed E-state index contributed by atoms with van der Waals surface area (Å²) in [5.41, 5.74) is 10.1. The molecule has 0 saturated carbocycles. The molecule has 0 aliphatic heterocycles. The Morgan fingerprint density at radius 3 is 0.893 bits per heavy atom. The summed E-state index contributed by atoms with van der Waals surface area (Å²) in [6, 6.07) is 30.8. The van der Waals surface area contributed by atoms with Gasteiger partial charge < -0.3 is 37.2 Å². The standard InChI is InChI=1S/C51H75Si.3ClH.Ti/c1-20-21-23-35-24-22-25-45(35)52(42-29-36(46(2,3)4)26-37(30-42)47(5,6)7,43-31-38(48(8,9)10)27-39(32-43)49(11,12)13)44-33-40(50(14,15)16)28-41(34-44)51(17,18)19;;;;/h22,24-34H,20-21,23H2,1-19H3;3*1H;/q-1;;;;+4/p-3. The zero-order valence-electron chi connectivity index (χ0n) is 38.7. The van der Waals surface area contributed by atoms with Crippen LogP contribution in [0.25, 0.3) is 0 Å². The van der Waals surface area contributed by atoms with Crippen LogP contribution in [-0.2, 0) is 60.6 Å². The maximum atomic E-state index is 2.65. The third-order valence-corrected chi connectivity index (χ3v) is 16.2. The number of halogens is 3. The molecule has 0 aliphatic rings. The first-order chi connectivity index (χ1) is 23.5. The van der Waals surface area contributed by atoms with Gasteiger partial charge >= 0.3 is 21.7 Å². The monoisotopic (exact) mass is 868 g/mol. The van der Waals surface area contributed by atoms with Crippen LogP contribution in [0.5, 0.6) is 0 Å². The number of unbranched alkanes of at least 4 members (excludes halogenated alkanes) is 1. The van der Waals surface area contributed by atoms with Gasteiger partial charge in [0.05, 0.1) is 0 Å². The smallest absolute Gasteiger partial charge is 1.00 e. The number of rotatable bonds is 7. The Hall–Kier alpha value is -1.19. The first-order valence-electron chi connectivity index (χ1n) is 20.3. The Morgan fingerprint density at radius 1 is 0.429 bits per heavy atom. The maximum absolute atomic E-state index is 3.00. The molecule has 0 atom stereocenters. The summed E-state index contributed by atoms with van der Waals surface area (Å²) < 4.78 is 0. The summed E-state index contributed by atoms with van der Waals surface area (Å²) in [4.78, 5) is 0. The van der Waals surface area contributed by atoms with Gasteiger partial charge in [-0.05, 0) is 65.9 Å². The van der Waals surface area contributed by atoms with Crippen LogP contribution in [0.15, 0.2) is 72.8 Å². The van der Waals surface area contributed by atoms with Crippen LogP contribution >= 0.6 is 0 Å². The largest absolute Gasteiger partial charge is 4.00 e. The normalized spacial score (nSPS) is 12.9. The SMILES string of the molecule is CCCCc1ccc[c-]1[Si](c1cc(C(C)(C)C)cc(C(C)(C)C)c1)(c1cc(C(C)(C)C)cc(C(C)(C)C)c1)c1cc(C(C)(C)C)cc(C(C)(C)C)c1.[Cl-].[Cl-].[Cl-].[Ti+4]. The van der Waals surface area contributed by atoms with Crippen molar-refractivity contribution in [3.05, 3.63) is 112 Å². The average Bonchev–Trinajstić information content (AvgIpc) is 3.46. The molecule has 0 unspecified atom stereocenters. The van der Waals surface area contributed by atoms with Crippen LogP contribution in [0.1, 0.15) is 183 Å². The number of hydrogen-bond acceptors (Lipinski definition) is 0. The molecule has 4 aromatic carbocycles. The zero-order chi connectivity index (χ0) is 39.5. The first-order valence-corrected chi connectivity index (χ1v) is 22.3. The van der Waals surface area contributed by atoms with E-state index in [9.17, 15) is 0 Å². The van der Waals surface area contributed by atoms with E-state index in [4.69, 9.17) is 0 Å². The summed E-state index contributed by atoms with van der Waals surface area (Å²) in [6.45, 7) is 45.5. The quantitative estimate of drug-likeness (QED) is 0.153. The van der Waals surface area contributed by atoms with Gasteiger partial charge in [0.1, 0.15) is 8.07 Å². The van der Waals surface area contributed by atoms with Gasteiger partial charge in [0.25, 0.3) is 0 Å². The molecule has 56 heavy (non-hydrogen) atoms. The molecule has 0 aliphatic carbocycles. The topological polar surface area (TPSA) is 0 Å². The van der Waals surface area contributed by atoms with Gasteiger partial charge in [0, 0.05) is 0 Å². The molecule has 0 spiro atoms. The van der Waals surface area contributed by atoms with Crippen molar-refractivity contribution in [2.75, 3.05) is 0 Å². The summed E-state index contributed by atoms with van der Waals surface area (Å²) in [7, 11) is -3.00. The van der Waals surface area contributed by atoms with Crippen LogP contribution in [0.3, 0.4) is 0 Å². The molecule has 0 saturated heterocycles. The number of hydrogen-bond donors (Lipinski definition) is 0. The van der Waals surface area contributed by atoms with Gasteiger partial charge in [-0.3, -0.25) is 0 Å². The fourth-order valence-corrected chi connectivity index (χ4v) is 12.7. The van der Waals surface area contributed by atoms with E-state index in [0.717, 1.165) is 6.42 Å². The van der Waals surface area contributed by atoms with Gasteiger partial charge in [-0.2, -0.15) is 11.6 Å². The predicted molar refractivity (Wildman–Crippen MR) is 236 cm³/mol. The van der Waals surface area contributed by atoms with Crippen LogP contribution in [-0.4, -0.2) is 8.07 Å². The van der Waals surface area contributed by atoms with Crippen LogP contribution < -0.4 is 58.0 Å². The van der Waals surface area contributed by atoms with E-state index in [2.05, 4.69) is 204 Å². The second-order valence-electron chi connectivity index (χ2n) is 22.2. The van der Waals surface area contributed by atoms with Crippen LogP contribution in [0, 0.1) is 0 Å². The number of benzene rings is 3. The van der Waals surface area contributed by atoms with Crippen molar-refractivity contribution < 1.29 is 58.9 Å². The molecule has 4 aromatic rings. The molecule has 4 rings (SSSR count). The van der Waals surface area contributed by atoms with Crippen LogP contribution in [0.4, 0.5) is 0 Å². The van der Waals surface area contributed by atoms with Crippen molar-refractivity contribution in [2.45, 2.75) is 183 Å². The second-order valence-corrected chi connectivity index (χ2v) is 26.0. The molecule has 0 heterocycles. The minimum Gasteiger partial charge on any atom is -1.00 e. The predicted octanol–water partition coefficient (Wildman–Crippen LogP) is 2.92. The van der Waals surface area contributed by atoms with E-state index in [1.165, 1.54) is 67.3 Å². The molecule has 5 heteroatoms. The second kappa shape index (κ2) is 19.0. The zero-order valence-corrected chi connectivity index (χ0v) is 43.5. The number of aryl methyl sites for hydroxylation is 1. The maximum Gasteiger partial charge on any atom is 4.00 e. The minimum absolute atomic E-state index is 0. The Bertz CT molecular complexity index is 1590. The van der Waals surface area contributed by atoms with E-state index < -0.39 is 8.07 Å².